The minimum absolute atomic E-state index is 0.00547. The van der Waals surface area contributed by atoms with Crippen LogP contribution in [0.3, 0.4) is 0 Å². The van der Waals surface area contributed by atoms with Crippen molar-refractivity contribution in [1.29, 1.82) is 0 Å². The Morgan fingerprint density at radius 1 is 1.22 bits per heavy atom. The van der Waals surface area contributed by atoms with Gasteiger partial charge in [-0.25, -0.2) is 9.79 Å². The summed E-state index contributed by atoms with van der Waals surface area (Å²) < 4.78 is 10.7. The molecule has 0 unspecified atom stereocenters. The van der Waals surface area contributed by atoms with Gasteiger partial charge in [0.05, 0.1) is 21.6 Å². The summed E-state index contributed by atoms with van der Waals surface area (Å²) in [5, 5.41) is 10.9. The number of ether oxygens (including phenoxy) is 2. The maximum atomic E-state index is 12.1. The highest BCUT2D eigenvalue weighted by Gasteiger charge is 2.26. The summed E-state index contributed by atoms with van der Waals surface area (Å²) in [4.78, 5) is 26.5. The Hall–Kier alpha value is -3.19. The minimum Gasteiger partial charge on any atom is -0.491 e. The van der Waals surface area contributed by atoms with E-state index in [1.807, 2.05) is 13.8 Å². The second-order valence-electron chi connectivity index (χ2n) is 5.99. The molecule has 0 bridgehead atoms. The van der Waals surface area contributed by atoms with E-state index in [9.17, 15) is 14.9 Å². The number of carbonyl (C=O) groups excluding carboxylic acids is 1. The molecule has 8 heteroatoms. The van der Waals surface area contributed by atoms with Gasteiger partial charge in [-0.15, -0.1) is 0 Å². The Morgan fingerprint density at radius 2 is 1.93 bits per heavy atom. The van der Waals surface area contributed by atoms with Crippen LogP contribution in [0.25, 0.3) is 6.08 Å². The molecule has 7 nitrogen and oxygen atoms in total. The van der Waals surface area contributed by atoms with Gasteiger partial charge in [0.2, 0.25) is 5.90 Å². The van der Waals surface area contributed by atoms with Crippen LogP contribution in [0.15, 0.2) is 53.2 Å². The summed E-state index contributed by atoms with van der Waals surface area (Å²) in [6.07, 6.45) is 1.64. The molecular formula is C19H15ClN2O5. The molecule has 0 atom stereocenters. The number of esters is 1. The second kappa shape index (κ2) is 7.59. The number of carbonyl (C=O) groups is 1. The first kappa shape index (κ1) is 18.6. The number of non-ortho nitro benzene ring substituents is 1. The number of hydrogen-bond donors (Lipinski definition) is 0. The summed E-state index contributed by atoms with van der Waals surface area (Å²) in [5.41, 5.74) is 1.00. The third-order valence-electron chi connectivity index (χ3n) is 3.57. The Kier molecular flexibility index (Phi) is 5.23. The molecule has 0 spiro atoms. The first-order valence-corrected chi connectivity index (χ1v) is 8.45. The molecule has 0 saturated heterocycles. The van der Waals surface area contributed by atoms with Crippen molar-refractivity contribution >= 4 is 35.2 Å². The van der Waals surface area contributed by atoms with Crippen LogP contribution in [-0.4, -0.2) is 22.9 Å². The molecule has 0 aromatic heterocycles. The Balaban J connectivity index is 1.86. The standard InChI is InChI=1S/C19H15ClN2O5/c1-11(2)26-14-6-3-12(4-7-14)9-17-19(23)27-18(21-17)15-8-5-13(22(24)25)10-16(15)20/h3-11H,1-2H3/b17-9-. The molecular weight excluding hydrogens is 372 g/mol. The quantitative estimate of drug-likeness (QED) is 0.329. The number of nitro benzene ring substituents is 1. The number of halogens is 1. The molecule has 0 radical (unpaired) electrons. The highest BCUT2D eigenvalue weighted by Crippen LogP contribution is 2.27. The number of benzene rings is 2. The van der Waals surface area contributed by atoms with Crippen molar-refractivity contribution in [2.24, 2.45) is 4.99 Å². The molecule has 0 N–H and O–H groups in total. The number of rotatable bonds is 5. The average molecular weight is 387 g/mol. The predicted molar refractivity (Wildman–Crippen MR) is 101 cm³/mol. The van der Waals surface area contributed by atoms with Crippen molar-refractivity contribution in [3.8, 4) is 5.75 Å². The van der Waals surface area contributed by atoms with Crippen molar-refractivity contribution in [1.82, 2.24) is 0 Å². The van der Waals surface area contributed by atoms with Gasteiger partial charge in [-0.2, -0.15) is 0 Å². The van der Waals surface area contributed by atoms with Crippen molar-refractivity contribution in [3.05, 3.63) is 74.4 Å². The van der Waals surface area contributed by atoms with Gasteiger partial charge < -0.3 is 9.47 Å². The van der Waals surface area contributed by atoms with Crippen LogP contribution in [0.1, 0.15) is 25.0 Å². The summed E-state index contributed by atoms with van der Waals surface area (Å²) >= 11 is 6.06. The van der Waals surface area contributed by atoms with E-state index in [4.69, 9.17) is 21.1 Å². The van der Waals surface area contributed by atoms with Gasteiger partial charge in [-0.1, -0.05) is 23.7 Å². The molecule has 27 heavy (non-hydrogen) atoms. The third kappa shape index (κ3) is 4.32. The highest BCUT2D eigenvalue weighted by atomic mass is 35.5. The second-order valence-corrected chi connectivity index (χ2v) is 6.40. The van der Waals surface area contributed by atoms with Gasteiger partial charge in [-0.05, 0) is 43.7 Å². The van der Waals surface area contributed by atoms with E-state index >= 15 is 0 Å². The maximum Gasteiger partial charge on any atom is 0.363 e. The average Bonchev–Trinajstić information content (AvgIpc) is 2.96. The number of nitro groups is 1. The lowest BCUT2D eigenvalue weighted by molar-refractivity contribution is -0.384. The van der Waals surface area contributed by atoms with E-state index in [-0.39, 0.29) is 28.4 Å². The highest BCUT2D eigenvalue weighted by molar-refractivity contribution is 6.34. The van der Waals surface area contributed by atoms with Crippen molar-refractivity contribution < 1.29 is 19.2 Å². The van der Waals surface area contributed by atoms with E-state index in [0.29, 0.717) is 5.56 Å². The van der Waals surface area contributed by atoms with Crippen molar-refractivity contribution in [2.45, 2.75) is 20.0 Å². The Morgan fingerprint density at radius 3 is 2.52 bits per heavy atom. The SMILES string of the molecule is CC(C)Oc1ccc(/C=C2\N=C(c3ccc([N+](=O)[O-])cc3Cl)OC2=O)cc1. The molecule has 2 aromatic carbocycles. The van der Waals surface area contributed by atoms with Crippen molar-refractivity contribution in [2.75, 3.05) is 0 Å². The lowest BCUT2D eigenvalue weighted by atomic mass is 10.2. The smallest absolute Gasteiger partial charge is 0.363 e. The lowest BCUT2D eigenvalue weighted by Crippen LogP contribution is -2.06. The van der Waals surface area contributed by atoms with Crippen LogP contribution in [0.2, 0.25) is 5.02 Å². The topological polar surface area (TPSA) is 91.0 Å². The van der Waals surface area contributed by atoms with E-state index in [1.165, 1.54) is 18.2 Å². The zero-order valence-electron chi connectivity index (χ0n) is 14.5. The van der Waals surface area contributed by atoms with Crippen LogP contribution in [0.5, 0.6) is 5.75 Å². The first-order chi connectivity index (χ1) is 12.8. The molecule has 3 rings (SSSR count). The Bertz CT molecular complexity index is 965. The largest absolute Gasteiger partial charge is 0.491 e. The fraction of sp³-hybridized carbons (Fsp3) is 0.158. The third-order valence-corrected chi connectivity index (χ3v) is 3.88. The first-order valence-electron chi connectivity index (χ1n) is 8.07. The summed E-state index contributed by atoms with van der Waals surface area (Å²) in [7, 11) is 0. The number of cyclic esters (lactones) is 1. The maximum absolute atomic E-state index is 12.1. The number of aliphatic imine (C=N–C) groups is 1. The van der Waals surface area contributed by atoms with E-state index in [1.54, 1.807) is 30.3 Å². The molecule has 0 amide bonds. The van der Waals surface area contributed by atoms with Crippen LogP contribution >= 0.6 is 11.6 Å². The van der Waals surface area contributed by atoms with Crippen LogP contribution in [0, 0.1) is 10.1 Å². The van der Waals surface area contributed by atoms with Gasteiger partial charge in [0.25, 0.3) is 5.69 Å². The summed E-state index contributed by atoms with van der Waals surface area (Å²) in [5.74, 6) is 0.107. The lowest BCUT2D eigenvalue weighted by Gasteiger charge is -2.09. The van der Waals surface area contributed by atoms with Crippen molar-refractivity contribution in [3.63, 3.8) is 0 Å². The molecule has 138 valence electrons. The van der Waals surface area contributed by atoms with Gasteiger partial charge in [0.15, 0.2) is 5.70 Å². The molecule has 1 aliphatic heterocycles. The molecule has 0 saturated carbocycles. The van der Waals surface area contributed by atoms with Crippen LogP contribution < -0.4 is 4.74 Å². The fourth-order valence-corrected chi connectivity index (χ4v) is 2.64. The van der Waals surface area contributed by atoms with E-state index in [2.05, 4.69) is 4.99 Å². The van der Waals surface area contributed by atoms with Gasteiger partial charge in [0.1, 0.15) is 5.75 Å². The van der Waals surface area contributed by atoms with E-state index < -0.39 is 10.9 Å². The van der Waals surface area contributed by atoms with Crippen LogP contribution in [-0.2, 0) is 9.53 Å². The fourth-order valence-electron chi connectivity index (χ4n) is 2.39. The van der Waals surface area contributed by atoms with Gasteiger partial charge in [-0.3, -0.25) is 10.1 Å². The zero-order valence-corrected chi connectivity index (χ0v) is 15.3. The van der Waals surface area contributed by atoms with Gasteiger partial charge >= 0.3 is 5.97 Å². The van der Waals surface area contributed by atoms with E-state index in [0.717, 1.165) is 11.3 Å². The summed E-state index contributed by atoms with van der Waals surface area (Å²) in [6.45, 7) is 3.87. The molecule has 1 heterocycles. The van der Waals surface area contributed by atoms with Gasteiger partial charge in [0, 0.05) is 12.1 Å². The predicted octanol–water partition coefficient (Wildman–Crippen LogP) is 4.38. The normalized spacial score (nSPS) is 15.0. The zero-order chi connectivity index (χ0) is 19.6. The number of nitrogens with zero attached hydrogens (tertiary/aromatic N) is 2. The molecule has 0 fully saturated rings. The monoisotopic (exact) mass is 386 g/mol. The summed E-state index contributed by atoms with van der Waals surface area (Å²) in [6, 6.07) is 11.0. The minimum atomic E-state index is -0.623. The number of hydrogen-bond acceptors (Lipinski definition) is 6. The van der Waals surface area contributed by atoms with Crippen LogP contribution in [0.4, 0.5) is 5.69 Å². The Labute approximate surface area is 160 Å². The molecule has 1 aliphatic rings. The molecule has 0 aliphatic carbocycles. The molecule has 2 aromatic rings.